The van der Waals surface area contributed by atoms with E-state index in [4.69, 9.17) is 32.7 Å². The summed E-state index contributed by atoms with van der Waals surface area (Å²) >= 11 is 15.6. The van der Waals surface area contributed by atoms with Crippen molar-refractivity contribution in [2.75, 3.05) is 7.11 Å². The number of carbonyl (C=O) groups is 1. The Balaban J connectivity index is 1.62. The third-order valence-electron chi connectivity index (χ3n) is 4.55. The third kappa shape index (κ3) is 6.93. The Morgan fingerprint density at radius 3 is 2.56 bits per heavy atom. The lowest BCUT2D eigenvalue weighted by Crippen LogP contribution is -2.19. The molecular formula is C23H18BrCl2N3O5. The molecule has 0 saturated carbocycles. The number of halogens is 3. The van der Waals surface area contributed by atoms with E-state index in [1.807, 2.05) is 0 Å². The third-order valence-corrected chi connectivity index (χ3v) is 5.73. The van der Waals surface area contributed by atoms with Crippen LogP contribution in [-0.4, -0.2) is 24.2 Å². The fraction of sp³-hybridized carbons (Fsp3) is 0.130. The van der Waals surface area contributed by atoms with Gasteiger partial charge in [-0.25, -0.2) is 5.43 Å². The average molecular weight is 567 g/mol. The van der Waals surface area contributed by atoms with Gasteiger partial charge in [-0.1, -0.05) is 41.4 Å². The number of carbonyl (C=O) groups excluding carboxylic acids is 1. The molecule has 3 aromatic rings. The number of nitro benzene ring substituents is 1. The molecule has 34 heavy (non-hydrogen) atoms. The smallest absolute Gasteiger partial charge is 0.269 e. The number of hydrogen-bond donors (Lipinski definition) is 1. The Hall–Kier alpha value is -3.14. The van der Waals surface area contributed by atoms with E-state index in [2.05, 4.69) is 26.5 Å². The maximum atomic E-state index is 12.1. The fourth-order valence-electron chi connectivity index (χ4n) is 2.88. The summed E-state index contributed by atoms with van der Waals surface area (Å²) in [6, 6.07) is 14.4. The van der Waals surface area contributed by atoms with Gasteiger partial charge in [-0.05, 0) is 51.3 Å². The van der Waals surface area contributed by atoms with Crippen molar-refractivity contribution < 1.29 is 19.2 Å². The second-order valence-electron chi connectivity index (χ2n) is 6.95. The number of hydrazone groups is 1. The summed E-state index contributed by atoms with van der Waals surface area (Å²) in [6.45, 7) is 0.205. The maximum Gasteiger partial charge on any atom is 0.269 e. The Bertz CT molecular complexity index is 1240. The lowest BCUT2D eigenvalue weighted by atomic mass is 10.1. The van der Waals surface area contributed by atoms with Crippen LogP contribution in [0.5, 0.6) is 11.5 Å². The predicted molar refractivity (Wildman–Crippen MR) is 134 cm³/mol. The van der Waals surface area contributed by atoms with Crippen LogP contribution in [0.1, 0.15) is 16.7 Å². The van der Waals surface area contributed by atoms with Gasteiger partial charge < -0.3 is 9.47 Å². The van der Waals surface area contributed by atoms with E-state index in [1.54, 1.807) is 30.3 Å². The highest BCUT2D eigenvalue weighted by atomic mass is 79.9. The van der Waals surface area contributed by atoms with Gasteiger partial charge >= 0.3 is 0 Å². The molecule has 0 bridgehead atoms. The SMILES string of the molecule is COc1cc(/C=N\NC(=O)Cc2ccc([N+](=O)[O-])cc2)cc(Br)c1OCc1ccc(Cl)cc1Cl. The maximum absolute atomic E-state index is 12.1. The minimum absolute atomic E-state index is 0.0301. The summed E-state index contributed by atoms with van der Waals surface area (Å²) in [5.74, 6) is 0.571. The molecule has 0 radical (unpaired) electrons. The number of ether oxygens (including phenoxy) is 2. The van der Waals surface area contributed by atoms with Crippen LogP contribution >= 0.6 is 39.1 Å². The average Bonchev–Trinajstić information content (AvgIpc) is 2.79. The van der Waals surface area contributed by atoms with Crippen LogP contribution in [0.3, 0.4) is 0 Å². The monoisotopic (exact) mass is 565 g/mol. The Kier molecular flexibility index (Phi) is 8.86. The first-order valence-corrected chi connectivity index (χ1v) is 11.3. The molecule has 0 spiro atoms. The lowest BCUT2D eigenvalue weighted by molar-refractivity contribution is -0.384. The zero-order chi connectivity index (χ0) is 24.7. The molecule has 8 nitrogen and oxygen atoms in total. The van der Waals surface area contributed by atoms with E-state index in [1.165, 1.54) is 37.6 Å². The summed E-state index contributed by atoms with van der Waals surface area (Å²) in [4.78, 5) is 22.3. The molecule has 1 N–H and O–H groups in total. The van der Waals surface area contributed by atoms with Gasteiger partial charge in [0.1, 0.15) is 6.61 Å². The van der Waals surface area contributed by atoms with Crippen LogP contribution < -0.4 is 14.9 Å². The highest BCUT2D eigenvalue weighted by Crippen LogP contribution is 2.37. The van der Waals surface area contributed by atoms with Crippen molar-refractivity contribution in [2.45, 2.75) is 13.0 Å². The summed E-state index contributed by atoms with van der Waals surface area (Å²) in [6.07, 6.45) is 1.49. The second-order valence-corrected chi connectivity index (χ2v) is 8.65. The topological polar surface area (TPSA) is 103 Å². The molecule has 3 rings (SSSR count). The van der Waals surface area contributed by atoms with Crippen molar-refractivity contribution in [1.29, 1.82) is 0 Å². The van der Waals surface area contributed by atoms with Crippen LogP contribution in [0.2, 0.25) is 10.0 Å². The molecule has 0 unspecified atom stereocenters. The standard InChI is InChI=1S/C23H18BrCl2N3O5/c1-33-21-9-15(8-19(24)23(21)34-13-16-4-5-17(25)11-20(16)26)12-27-28-22(30)10-14-2-6-18(7-3-14)29(31)32/h2-9,11-12H,10,13H2,1H3,(H,28,30)/b27-12-. The molecule has 0 atom stereocenters. The van der Waals surface area contributed by atoms with Crippen LogP contribution in [0.25, 0.3) is 0 Å². The Morgan fingerprint density at radius 1 is 1.18 bits per heavy atom. The highest BCUT2D eigenvalue weighted by molar-refractivity contribution is 9.10. The van der Waals surface area contributed by atoms with Gasteiger partial charge in [0.15, 0.2) is 11.5 Å². The van der Waals surface area contributed by atoms with E-state index in [-0.39, 0.29) is 24.6 Å². The molecule has 0 heterocycles. The number of nitrogens with zero attached hydrogens (tertiary/aromatic N) is 2. The summed E-state index contributed by atoms with van der Waals surface area (Å²) in [5.41, 5.74) is 4.44. The zero-order valence-electron chi connectivity index (χ0n) is 17.8. The molecule has 0 saturated heterocycles. The molecule has 0 aromatic heterocycles. The van der Waals surface area contributed by atoms with Crippen LogP contribution in [0, 0.1) is 10.1 Å². The number of non-ortho nitro benzene ring substituents is 1. The molecular weight excluding hydrogens is 549 g/mol. The normalized spacial score (nSPS) is 10.8. The van der Waals surface area contributed by atoms with E-state index in [9.17, 15) is 14.9 Å². The number of benzene rings is 3. The zero-order valence-corrected chi connectivity index (χ0v) is 20.9. The van der Waals surface area contributed by atoms with Gasteiger partial charge in [0, 0.05) is 27.7 Å². The van der Waals surface area contributed by atoms with E-state index < -0.39 is 4.92 Å². The van der Waals surface area contributed by atoms with Crippen molar-refractivity contribution in [3.05, 3.63) is 95.9 Å². The van der Waals surface area contributed by atoms with Crippen LogP contribution in [0.4, 0.5) is 5.69 Å². The first-order chi connectivity index (χ1) is 16.3. The quantitative estimate of drug-likeness (QED) is 0.196. The number of nitrogens with one attached hydrogen (secondary N) is 1. The number of rotatable bonds is 9. The summed E-state index contributed by atoms with van der Waals surface area (Å²) in [7, 11) is 1.51. The Labute approximate surface area is 213 Å². The molecule has 0 aliphatic heterocycles. The molecule has 3 aromatic carbocycles. The van der Waals surface area contributed by atoms with Crippen molar-refractivity contribution in [1.82, 2.24) is 5.43 Å². The largest absolute Gasteiger partial charge is 0.493 e. The van der Waals surface area contributed by atoms with Crippen LogP contribution in [0.15, 0.2) is 64.2 Å². The van der Waals surface area contributed by atoms with Gasteiger partial charge in [-0.15, -0.1) is 0 Å². The molecule has 0 fully saturated rings. The predicted octanol–water partition coefficient (Wildman–Crippen LogP) is 5.94. The molecule has 11 heteroatoms. The number of nitro groups is 1. The van der Waals surface area contributed by atoms with Crippen molar-refractivity contribution >= 4 is 56.9 Å². The lowest BCUT2D eigenvalue weighted by Gasteiger charge is -2.14. The van der Waals surface area contributed by atoms with Gasteiger partial charge in [-0.3, -0.25) is 14.9 Å². The number of methoxy groups -OCH3 is 1. The van der Waals surface area contributed by atoms with E-state index in [0.717, 1.165) is 5.56 Å². The number of amides is 1. The fourth-order valence-corrected chi connectivity index (χ4v) is 3.92. The first kappa shape index (κ1) is 25.5. The van der Waals surface area contributed by atoms with Gasteiger partial charge in [0.2, 0.25) is 5.91 Å². The second kappa shape index (κ2) is 11.8. The minimum Gasteiger partial charge on any atom is -0.493 e. The molecule has 1 amide bonds. The van der Waals surface area contributed by atoms with Gasteiger partial charge in [-0.2, -0.15) is 5.10 Å². The Morgan fingerprint density at radius 2 is 1.91 bits per heavy atom. The van der Waals surface area contributed by atoms with Crippen molar-refractivity contribution in [2.24, 2.45) is 5.10 Å². The van der Waals surface area contributed by atoms with Crippen molar-refractivity contribution in [3.8, 4) is 11.5 Å². The minimum atomic E-state index is -0.496. The van der Waals surface area contributed by atoms with Crippen LogP contribution in [-0.2, 0) is 17.8 Å². The van der Waals surface area contributed by atoms with Gasteiger partial charge in [0.25, 0.3) is 5.69 Å². The summed E-state index contributed by atoms with van der Waals surface area (Å²) in [5, 5.41) is 15.7. The highest BCUT2D eigenvalue weighted by Gasteiger charge is 2.13. The van der Waals surface area contributed by atoms with Gasteiger partial charge in [0.05, 0.1) is 29.1 Å². The van der Waals surface area contributed by atoms with E-state index >= 15 is 0 Å². The summed E-state index contributed by atoms with van der Waals surface area (Å²) < 4.78 is 11.9. The number of hydrogen-bond acceptors (Lipinski definition) is 6. The molecule has 176 valence electrons. The first-order valence-electron chi connectivity index (χ1n) is 9.76. The molecule has 0 aliphatic carbocycles. The molecule has 0 aliphatic rings. The van der Waals surface area contributed by atoms with E-state index in [0.29, 0.717) is 37.1 Å². The van der Waals surface area contributed by atoms with Crippen molar-refractivity contribution in [3.63, 3.8) is 0 Å².